The number of fused-ring (bicyclic) bond motifs is 2. The van der Waals surface area contributed by atoms with Crippen molar-refractivity contribution in [2.75, 3.05) is 11.4 Å². The number of carboxylic acids is 1. The monoisotopic (exact) mass is 343 g/mol. The van der Waals surface area contributed by atoms with Gasteiger partial charge in [-0.15, -0.1) is 0 Å². The van der Waals surface area contributed by atoms with Crippen LogP contribution in [-0.2, 0) is 11.3 Å². The van der Waals surface area contributed by atoms with Gasteiger partial charge in [-0.3, -0.25) is 9.59 Å². The van der Waals surface area contributed by atoms with Crippen molar-refractivity contribution in [1.29, 1.82) is 0 Å². The highest BCUT2D eigenvalue weighted by molar-refractivity contribution is 6.31. The summed E-state index contributed by atoms with van der Waals surface area (Å²) in [6.07, 6.45) is 0. The standard InChI is InChI=1S/C19H18ClNO3/c1-3-21-10-13-8-14(20)5-6-15(13)18(22)16-9-12(4-7-17(16)21)11(2)19(23)24/h4-9,11H,3,10H2,1-2H3,(H,23,24). The lowest BCUT2D eigenvalue weighted by Gasteiger charge is -2.23. The molecule has 3 rings (SSSR count). The number of halogens is 1. The second kappa shape index (κ2) is 6.29. The number of ketones is 1. The van der Waals surface area contributed by atoms with E-state index in [2.05, 4.69) is 4.90 Å². The van der Waals surface area contributed by atoms with Gasteiger partial charge in [-0.25, -0.2) is 0 Å². The Morgan fingerprint density at radius 2 is 2.00 bits per heavy atom. The molecule has 4 nitrogen and oxygen atoms in total. The van der Waals surface area contributed by atoms with E-state index in [1.165, 1.54) is 0 Å². The van der Waals surface area contributed by atoms with Crippen molar-refractivity contribution in [3.63, 3.8) is 0 Å². The van der Waals surface area contributed by atoms with Gasteiger partial charge in [0.2, 0.25) is 0 Å². The molecule has 124 valence electrons. The molecule has 2 aromatic rings. The lowest BCUT2D eigenvalue weighted by molar-refractivity contribution is -0.138. The van der Waals surface area contributed by atoms with Crippen LogP contribution in [0.1, 0.15) is 46.8 Å². The summed E-state index contributed by atoms with van der Waals surface area (Å²) in [4.78, 5) is 26.4. The van der Waals surface area contributed by atoms with Crippen LogP contribution in [0.4, 0.5) is 5.69 Å². The molecule has 0 amide bonds. The molecular weight excluding hydrogens is 326 g/mol. The van der Waals surface area contributed by atoms with Gasteiger partial charge >= 0.3 is 5.97 Å². The average molecular weight is 344 g/mol. The quantitative estimate of drug-likeness (QED) is 0.911. The van der Waals surface area contributed by atoms with Gasteiger partial charge in [-0.1, -0.05) is 17.7 Å². The first-order valence-electron chi connectivity index (χ1n) is 7.87. The summed E-state index contributed by atoms with van der Waals surface area (Å²) in [6, 6.07) is 10.6. The summed E-state index contributed by atoms with van der Waals surface area (Å²) >= 11 is 6.09. The minimum absolute atomic E-state index is 0.0907. The fourth-order valence-electron chi connectivity index (χ4n) is 3.06. The number of anilines is 1. The minimum Gasteiger partial charge on any atom is -0.481 e. The van der Waals surface area contributed by atoms with E-state index in [1.807, 2.05) is 19.1 Å². The number of hydrogen-bond acceptors (Lipinski definition) is 3. The average Bonchev–Trinajstić information content (AvgIpc) is 2.68. The zero-order valence-corrected chi connectivity index (χ0v) is 14.3. The number of rotatable bonds is 3. The summed E-state index contributed by atoms with van der Waals surface area (Å²) in [5.41, 5.74) is 3.51. The van der Waals surface area contributed by atoms with Gasteiger partial charge in [0.1, 0.15) is 0 Å². The first-order chi connectivity index (χ1) is 11.4. The van der Waals surface area contributed by atoms with Crippen molar-refractivity contribution in [1.82, 2.24) is 0 Å². The molecule has 0 saturated heterocycles. The van der Waals surface area contributed by atoms with Gasteiger partial charge in [0, 0.05) is 34.9 Å². The summed E-state index contributed by atoms with van der Waals surface area (Å²) in [7, 11) is 0. The van der Waals surface area contributed by atoms with Crippen molar-refractivity contribution in [3.8, 4) is 0 Å². The summed E-state index contributed by atoms with van der Waals surface area (Å²) in [6.45, 7) is 4.98. The molecule has 1 N–H and O–H groups in total. The number of carbonyl (C=O) groups is 2. The molecule has 2 aromatic carbocycles. The van der Waals surface area contributed by atoms with Crippen molar-refractivity contribution >= 4 is 29.0 Å². The Labute approximate surface area is 145 Å². The Morgan fingerprint density at radius 1 is 1.25 bits per heavy atom. The molecule has 0 aromatic heterocycles. The van der Waals surface area contributed by atoms with E-state index in [0.29, 0.717) is 28.3 Å². The SMILES string of the molecule is CCN1Cc2cc(Cl)ccc2C(=O)c2cc(C(C)C(=O)O)ccc21. The van der Waals surface area contributed by atoms with Crippen LogP contribution >= 0.6 is 11.6 Å². The summed E-state index contributed by atoms with van der Waals surface area (Å²) in [5, 5.41) is 9.84. The van der Waals surface area contributed by atoms with Gasteiger partial charge in [-0.05, 0) is 55.3 Å². The Hall–Kier alpha value is -2.33. The van der Waals surface area contributed by atoms with Crippen LogP contribution < -0.4 is 4.90 Å². The van der Waals surface area contributed by atoms with Crippen molar-refractivity contribution < 1.29 is 14.7 Å². The Bertz CT molecular complexity index is 831. The fraction of sp³-hybridized carbons (Fsp3) is 0.263. The van der Waals surface area contributed by atoms with E-state index in [4.69, 9.17) is 11.6 Å². The molecule has 0 aliphatic carbocycles. The number of carbonyl (C=O) groups excluding carboxylic acids is 1. The Balaban J connectivity index is 2.18. The normalized spacial score (nSPS) is 14.6. The first-order valence-corrected chi connectivity index (χ1v) is 8.25. The Morgan fingerprint density at radius 3 is 2.67 bits per heavy atom. The molecule has 0 bridgehead atoms. The largest absolute Gasteiger partial charge is 0.481 e. The minimum atomic E-state index is -0.907. The molecule has 0 spiro atoms. The molecule has 0 saturated carbocycles. The number of hydrogen-bond donors (Lipinski definition) is 1. The highest BCUT2D eigenvalue weighted by Gasteiger charge is 2.26. The molecule has 1 atom stereocenters. The van der Waals surface area contributed by atoms with Gasteiger partial charge in [0.05, 0.1) is 5.92 Å². The second-order valence-corrected chi connectivity index (χ2v) is 6.42. The second-order valence-electron chi connectivity index (χ2n) is 5.98. The number of carboxylic acid groups (broad SMARTS) is 1. The number of benzene rings is 2. The van der Waals surface area contributed by atoms with E-state index in [9.17, 15) is 14.7 Å². The van der Waals surface area contributed by atoms with Crippen molar-refractivity contribution in [2.24, 2.45) is 0 Å². The van der Waals surface area contributed by atoms with Gasteiger partial charge in [-0.2, -0.15) is 0 Å². The molecule has 0 fully saturated rings. The van der Waals surface area contributed by atoms with Crippen LogP contribution in [0.15, 0.2) is 36.4 Å². The van der Waals surface area contributed by atoms with E-state index < -0.39 is 11.9 Å². The van der Waals surface area contributed by atoms with Crippen LogP contribution in [-0.4, -0.2) is 23.4 Å². The van der Waals surface area contributed by atoms with E-state index in [1.54, 1.807) is 31.2 Å². The highest BCUT2D eigenvalue weighted by atomic mass is 35.5. The molecule has 1 aliphatic heterocycles. The Kier molecular flexibility index (Phi) is 4.33. The van der Waals surface area contributed by atoms with Crippen LogP contribution in [0, 0.1) is 0 Å². The maximum atomic E-state index is 13.0. The zero-order valence-electron chi connectivity index (χ0n) is 13.5. The predicted octanol–water partition coefficient (Wildman–Crippen LogP) is 4.10. The third-order valence-corrected chi connectivity index (χ3v) is 4.77. The maximum absolute atomic E-state index is 13.0. The van der Waals surface area contributed by atoms with Crippen LogP contribution in [0.2, 0.25) is 5.02 Å². The lowest BCUT2D eigenvalue weighted by Crippen LogP contribution is -2.22. The van der Waals surface area contributed by atoms with Gasteiger partial charge in [0.15, 0.2) is 5.78 Å². The third-order valence-electron chi connectivity index (χ3n) is 4.53. The lowest BCUT2D eigenvalue weighted by atomic mass is 9.94. The van der Waals surface area contributed by atoms with Crippen molar-refractivity contribution in [2.45, 2.75) is 26.3 Å². The number of aliphatic carboxylic acids is 1. The van der Waals surface area contributed by atoms with E-state index in [0.717, 1.165) is 17.8 Å². The van der Waals surface area contributed by atoms with Crippen LogP contribution in [0.5, 0.6) is 0 Å². The maximum Gasteiger partial charge on any atom is 0.310 e. The topological polar surface area (TPSA) is 57.6 Å². The first kappa shape index (κ1) is 16.5. The molecular formula is C19H18ClNO3. The summed E-state index contributed by atoms with van der Waals surface area (Å²) < 4.78 is 0. The van der Waals surface area contributed by atoms with E-state index in [-0.39, 0.29) is 5.78 Å². The molecule has 0 radical (unpaired) electrons. The van der Waals surface area contributed by atoms with Crippen LogP contribution in [0.3, 0.4) is 0 Å². The van der Waals surface area contributed by atoms with Crippen LogP contribution in [0.25, 0.3) is 0 Å². The highest BCUT2D eigenvalue weighted by Crippen LogP contribution is 2.33. The molecule has 1 unspecified atom stereocenters. The fourth-order valence-corrected chi connectivity index (χ4v) is 3.25. The van der Waals surface area contributed by atoms with Gasteiger partial charge < -0.3 is 10.0 Å². The predicted molar refractivity (Wildman–Crippen MR) is 94.1 cm³/mol. The molecule has 1 heterocycles. The number of nitrogens with zero attached hydrogens (tertiary/aromatic N) is 1. The third kappa shape index (κ3) is 2.78. The molecule has 24 heavy (non-hydrogen) atoms. The molecule has 1 aliphatic rings. The van der Waals surface area contributed by atoms with Crippen molar-refractivity contribution in [3.05, 3.63) is 63.7 Å². The van der Waals surface area contributed by atoms with Gasteiger partial charge in [0.25, 0.3) is 0 Å². The summed E-state index contributed by atoms with van der Waals surface area (Å²) in [5.74, 6) is -1.66. The van der Waals surface area contributed by atoms with E-state index >= 15 is 0 Å². The zero-order chi connectivity index (χ0) is 17.4. The molecule has 5 heteroatoms. The smallest absolute Gasteiger partial charge is 0.310 e.